The Morgan fingerprint density at radius 3 is 2.46 bits per heavy atom. The minimum Gasteiger partial charge on any atom is -0.270 e. The van der Waals surface area contributed by atoms with Gasteiger partial charge in [-0.3, -0.25) is 4.57 Å². The first-order valence-corrected chi connectivity index (χ1v) is 10.9. The molecular formula is C21H20N4OS2. The zero-order valence-corrected chi connectivity index (χ0v) is 16.9. The van der Waals surface area contributed by atoms with Crippen molar-refractivity contribution in [3.63, 3.8) is 0 Å². The second-order valence-electron chi connectivity index (χ2n) is 6.38. The summed E-state index contributed by atoms with van der Waals surface area (Å²) in [7, 11) is 0. The number of rotatable bonds is 8. The molecule has 7 heteroatoms. The monoisotopic (exact) mass is 408 g/mol. The summed E-state index contributed by atoms with van der Waals surface area (Å²) in [6.07, 6.45) is 1.64. The second-order valence-corrected chi connectivity index (χ2v) is 8.27. The van der Waals surface area contributed by atoms with Crippen LogP contribution in [0.2, 0.25) is 0 Å². The van der Waals surface area contributed by atoms with E-state index in [2.05, 4.69) is 39.8 Å². The number of nitrogens with zero attached hydrogens (tertiary/aromatic N) is 3. The number of aromatic nitrogens is 4. The van der Waals surface area contributed by atoms with Crippen molar-refractivity contribution in [1.82, 2.24) is 19.7 Å². The van der Waals surface area contributed by atoms with Crippen molar-refractivity contribution < 1.29 is 0 Å². The number of hydrogen-bond acceptors (Lipinski definition) is 5. The number of H-pyrrole nitrogens is 1. The molecule has 5 nitrogen and oxygen atoms in total. The maximum atomic E-state index is 12.1. The zero-order chi connectivity index (χ0) is 19.2. The van der Waals surface area contributed by atoms with Crippen LogP contribution in [0.3, 0.4) is 0 Å². The Kier molecular flexibility index (Phi) is 6.04. The molecule has 0 saturated heterocycles. The highest BCUT2D eigenvalue weighted by Gasteiger charge is 2.11. The third kappa shape index (κ3) is 4.79. The van der Waals surface area contributed by atoms with E-state index < -0.39 is 0 Å². The van der Waals surface area contributed by atoms with Gasteiger partial charge in [-0.25, -0.2) is 14.9 Å². The number of thiazole rings is 1. The summed E-state index contributed by atoms with van der Waals surface area (Å²) in [5, 5.41) is 10.6. The van der Waals surface area contributed by atoms with Gasteiger partial charge >= 0.3 is 5.69 Å². The molecule has 28 heavy (non-hydrogen) atoms. The number of hydrogen-bond donors (Lipinski definition) is 1. The molecule has 0 aliphatic carbocycles. The van der Waals surface area contributed by atoms with E-state index in [4.69, 9.17) is 4.98 Å². The van der Waals surface area contributed by atoms with Gasteiger partial charge in [0.2, 0.25) is 0 Å². The molecule has 0 aliphatic rings. The third-order valence-corrected chi connectivity index (χ3v) is 6.24. The standard InChI is InChI=1S/C21H20N4OS2/c26-20-23-24-21(25(20)12-11-16-7-3-1-4-8-16)28-15-18-14-27-19(22-18)13-17-9-5-2-6-10-17/h1-10,14H,11-13,15H2,(H,23,26). The number of aryl methyl sites for hydroxylation is 1. The van der Waals surface area contributed by atoms with Crippen molar-refractivity contribution in [3.8, 4) is 0 Å². The van der Waals surface area contributed by atoms with Crippen LogP contribution in [-0.4, -0.2) is 19.7 Å². The van der Waals surface area contributed by atoms with Crippen LogP contribution < -0.4 is 5.69 Å². The lowest BCUT2D eigenvalue weighted by Gasteiger charge is -2.05. The summed E-state index contributed by atoms with van der Waals surface area (Å²) in [5.41, 5.74) is 3.32. The molecular weight excluding hydrogens is 388 g/mol. The normalized spacial score (nSPS) is 11.0. The highest BCUT2D eigenvalue weighted by molar-refractivity contribution is 7.98. The summed E-state index contributed by atoms with van der Waals surface area (Å²) >= 11 is 3.22. The van der Waals surface area contributed by atoms with Gasteiger partial charge in [0.05, 0.1) is 10.7 Å². The van der Waals surface area contributed by atoms with E-state index in [1.54, 1.807) is 27.7 Å². The number of thioether (sulfide) groups is 1. The van der Waals surface area contributed by atoms with Crippen molar-refractivity contribution in [2.45, 2.75) is 30.3 Å². The highest BCUT2D eigenvalue weighted by atomic mass is 32.2. The fraction of sp³-hybridized carbons (Fsp3) is 0.190. The fourth-order valence-corrected chi connectivity index (χ4v) is 4.70. The van der Waals surface area contributed by atoms with Gasteiger partial charge in [-0.2, -0.15) is 0 Å². The van der Waals surface area contributed by atoms with Crippen LogP contribution in [0.15, 0.2) is 76.0 Å². The molecule has 1 N–H and O–H groups in total. The summed E-state index contributed by atoms with van der Waals surface area (Å²) in [6, 6.07) is 20.5. The molecule has 0 amide bonds. The van der Waals surface area contributed by atoms with Crippen molar-refractivity contribution in [2.24, 2.45) is 0 Å². The molecule has 4 aromatic rings. The van der Waals surface area contributed by atoms with Gasteiger partial charge in [0.15, 0.2) is 5.16 Å². The number of benzene rings is 2. The average Bonchev–Trinajstić information content (AvgIpc) is 3.32. The first kappa shape index (κ1) is 18.7. The van der Waals surface area contributed by atoms with Gasteiger partial charge in [0.1, 0.15) is 0 Å². The Bertz CT molecular complexity index is 1070. The van der Waals surface area contributed by atoms with E-state index in [0.29, 0.717) is 17.5 Å². The molecule has 0 fully saturated rings. The average molecular weight is 409 g/mol. The van der Waals surface area contributed by atoms with E-state index in [0.717, 1.165) is 23.5 Å². The lowest BCUT2D eigenvalue weighted by Crippen LogP contribution is -2.18. The smallest absolute Gasteiger partial charge is 0.270 e. The first-order valence-electron chi connectivity index (χ1n) is 9.07. The lowest BCUT2D eigenvalue weighted by atomic mass is 10.1. The minimum absolute atomic E-state index is 0.165. The Balaban J connectivity index is 1.37. The van der Waals surface area contributed by atoms with Crippen molar-refractivity contribution >= 4 is 23.1 Å². The van der Waals surface area contributed by atoms with Gasteiger partial charge in [-0.1, -0.05) is 72.4 Å². The summed E-state index contributed by atoms with van der Waals surface area (Å²) in [6.45, 7) is 0.609. The number of aromatic amines is 1. The van der Waals surface area contributed by atoms with Crippen LogP contribution in [-0.2, 0) is 25.1 Å². The largest absolute Gasteiger partial charge is 0.343 e. The quantitative estimate of drug-likeness (QED) is 0.445. The highest BCUT2D eigenvalue weighted by Crippen LogP contribution is 2.22. The van der Waals surface area contributed by atoms with Crippen LogP contribution >= 0.6 is 23.1 Å². The zero-order valence-electron chi connectivity index (χ0n) is 15.2. The Morgan fingerprint density at radius 2 is 1.71 bits per heavy atom. The van der Waals surface area contributed by atoms with E-state index in [-0.39, 0.29) is 5.69 Å². The SMILES string of the molecule is O=c1[nH]nc(SCc2csc(Cc3ccccc3)n2)n1CCc1ccccc1. The van der Waals surface area contributed by atoms with Crippen LogP contribution in [0.1, 0.15) is 21.8 Å². The molecule has 2 aromatic heterocycles. The molecule has 0 saturated carbocycles. The molecule has 0 unspecified atom stereocenters. The molecule has 0 aliphatic heterocycles. The Morgan fingerprint density at radius 1 is 1.00 bits per heavy atom. The lowest BCUT2D eigenvalue weighted by molar-refractivity contribution is 0.616. The van der Waals surface area contributed by atoms with Gasteiger partial charge in [-0.05, 0) is 17.5 Å². The summed E-state index contributed by atoms with van der Waals surface area (Å²) in [5.74, 6) is 0.695. The van der Waals surface area contributed by atoms with Crippen molar-refractivity contribution in [1.29, 1.82) is 0 Å². The van der Waals surface area contributed by atoms with Gasteiger partial charge in [-0.15, -0.1) is 16.4 Å². The van der Waals surface area contributed by atoms with Crippen molar-refractivity contribution in [2.75, 3.05) is 0 Å². The first-order chi connectivity index (χ1) is 13.8. The third-order valence-electron chi connectivity index (χ3n) is 4.34. The number of nitrogens with one attached hydrogen (secondary N) is 1. The Labute approximate surface area is 171 Å². The topological polar surface area (TPSA) is 63.6 Å². The van der Waals surface area contributed by atoms with E-state index in [9.17, 15) is 4.79 Å². The van der Waals surface area contributed by atoms with Crippen LogP contribution in [0.4, 0.5) is 0 Å². The van der Waals surface area contributed by atoms with Crippen LogP contribution in [0.25, 0.3) is 0 Å². The fourth-order valence-electron chi connectivity index (χ4n) is 2.90. The molecule has 4 rings (SSSR count). The van der Waals surface area contributed by atoms with Crippen molar-refractivity contribution in [3.05, 3.63) is 98.4 Å². The van der Waals surface area contributed by atoms with Gasteiger partial charge in [0.25, 0.3) is 0 Å². The Hall–Kier alpha value is -2.64. The van der Waals surface area contributed by atoms with E-state index in [1.165, 1.54) is 11.1 Å². The van der Waals surface area contributed by atoms with E-state index >= 15 is 0 Å². The van der Waals surface area contributed by atoms with Gasteiger partial charge < -0.3 is 0 Å². The molecule has 2 aromatic carbocycles. The summed E-state index contributed by atoms with van der Waals surface area (Å²) < 4.78 is 1.70. The molecule has 0 atom stereocenters. The molecule has 0 bridgehead atoms. The maximum absolute atomic E-state index is 12.1. The minimum atomic E-state index is -0.165. The summed E-state index contributed by atoms with van der Waals surface area (Å²) in [4.78, 5) is 16.8. The molecule has 142 valence electrons. The molecule has 2 heterocycles. The predicted molar refractivity (Wildman–Crippen MR) is 114 cm³/mol. The predicted octanol–water partition coefficient (Wildman–Crippen LogP) is 4.15. The van der Waals surface area contributed by atoms with Crippen LogP contribution in [0, 0.1) is 0 Å². The second kappa shape index (κ2) is 9.03. The molecule has 0 spiro atoms. The van der Waals surface area contributed by atoms with Crippen LogP contribution in [0.5, 0.6) is 0 Å². The maximum Gasteiger partial charge on any atom is 0.343 e. The van der Waals surface area contributed by atoms with Gasteiger partial charge in [0, 0.05) is 24.1 Å². The van der Waals surface area contributed by atoms with E-state index in [1.807, 2.05) is 36.4 Å². The molecule has 0 radical (unpaired) electrons.